The molecule has 0 radical (unpaired) electrons. The molecule has 6 nitrogen and oxygen atoms in total. The Balaban J connectivity index is 2.16. The van der Waals surface area contributed by atoms with Gasteiger partial charge in [0.15, 0.2) is 0 Å². The van der Waals surface area contributed by atoms with Crippen molar-refractivity contribution in [2.45, 2.75) is 45.4 Å². The van der Waals surface area contributed by atoms with Crippen molar-refractivity contribution in [2.24, 2.45) is 5.73 Å². The molecule has 0 aromatic carbocycles. The molecular weight excluding hydrogens is 220 g/mol. The molecule has 17 heavy (non-hydrogen) atoms. The average molecular weight is 240 g/mol. The zero-order valence-corrected chi connectivity index (χ0v) is 10.3. The molecule has 0 saturated carbocycles. The van der Waals surface area contributed by atoms with Gasteiger partial charge in [-0.15, -0.1) is 0 Å². The SMILES string of the molecule is CCOC(CN)Cn1nc2n(c1=O)CCCC2. The molecule has 1 atom stereocenters. The Morgan fingerprint density at radius 2 is 2.35 bits per heavy atom. The van der Waals surface area contributed by atoms with Gasteiger partial charge in [0.1, 0.15) is 5.82 Å². The maximum absolute atomic E-state index is 12.0. The summed E-state index contributed by atoms with van der Waals surface area (Å²) < 4.78 is 8.71. The third-order valence-corrected chi connectivity index (χ3v) is 3.07. The molecule has 2 heterocycles. The number of fused-ring (bicyclic) bond motifs is 1. The van der Waals surface area contributed by atoms with Crippen LogP contribution >= 0.6 is 0 Å². The first-order chi connectivity index (χ1) is 8.26. The molecule has 0 fully saturated rings. The van der Waals surface area contributed by atoms with Crippen LogP contribution in [0.3, 0.4) is 0 Å². The molecule has 1 unspecified atom stereocenters. The number of aromatic nitrogens is 3. The Morgan fingerprint density at radius 3 is 3.00 bits per heavy atom. The number of nitrogens with two attached hydrogens (primary N) is 1. The topological polar surface area (TPSA) is 75.1 Å². The van der Waals surface area contributed by atoms with Gasteiger partial charge in [-0.2, -0.15) is 5.10 Å². The van der Waals surface area contributed by atoms with Crippen molar-refractivity contribution < 1.29 is 4.74 Å². The first-order valence-corrected chi connectivity index (χ1v) is 6.24. The van der Waals surface area contributed by atoms with E-state index in [0.717, 1.165) is 31.6 Å². The minimum absolute atomic E-state index is 0.0298. The quantitative estimate of drug-likeness (QED) is 0.769. The van der Waals surface area contributed by atoms with E-state index in [1.807, 2.05) is 6.92 Å². The van der Waals surface area contributed by atoms with Gasteiger partial charge in [-0.25, -0.2) is 9.48 Å². The highest BCUT2D eigenvalue weighted by molar-refractivity contribution is 4.91. The van der Waals surface area contributed by atoms with Gasteiger partial charge in [0.25, 0.3) is 0 Å². The molecule has 2 N–H and O–H groups in total. The molecule has 1 aliphatic heterocycles. The predicted octanol–water partition coefficient (Wildman–Crippen LogP) is -0.255. The normalized spacial score (nSPS) is 16.8. The summed E-state index contributed by atoms with van der Waals surface area (Å²) >= 11 is 0. The van der Waals surface area contributed by atoms with Crippen molar-refractivity contribution in [1.29, 1.82) is 0 Å². The molecule has 1 aliphatic rings. The van der Waals surface area contributed by atoms with Gasteiger partial charge in [0.05, 0.1) is 12.6 Å². The fraction of sp³-hybridized carbons (Fsp3) is 0.818. The summed E-state index contributed by atoms with van der Waals surface area (Å²) in [4.78, 5) is 12.0. The molecule has 96 valence electrons. The van der Waals surface area contributed by atoms with Crippen LogP contribution < -0.4 is 11.4 Å². The summed E-state index contributed by atoms with van der Waals surface area (Å²) in [6.07, 6.45) is 2.94. The van der Waals surface area contributed by atoms with E-state index < -0.39 is 0 Å². The Labute approximate surface area is 100 Å². The molecule has 1 aromatic rings. The first-order valence-electron chi connectivity index (χ1n) is 6.24. The Kier molecular flexibility index (Phi) is 3.96. The lowest BCUT2D eigenvalue weighted by molar-refractivity contribution is 0.0533. The zero-order valence-electron chi connectivity index (χ0n) is 10.3. The van der Waals surface area contributed by atoms with Crippen LogP contribution in [0.1, 0.15) is 25.6 Å². The van der Waals surface area contributed by atoms with Crippen LogP contribution in [-0.2, 0) is 24.2 Å². The second kappa shape index (κ2) is 5.46. The van der Waals surface area contributed by atoms with Crippen LogP contribution in [0, 0.1) is 0 Å². The number of hydrogen-bond donors (Lipinski definition) is 1. The lowest BCUT2D eigenvalue weighted by Crippen LogP contribution is -2.35. The highest BCUT2D eigenvalue weighted by Crippen LogP contribution is 2.09. The summed E-state index contributed by atoms with van der Waals surface area (Å²) in [6, 6.07) is 0. The highest BCUT2D eigenvalue weighted by atomic mass is 16.5. The minimum atomic E-state index is -0.130. The van der Waals surface area contributed by atoms with Crippen LogP contribution in [0.5, 0.6) is 0 Å². The second-order valence-electron chi connectivity index (χ2n) is 4.30. The van der Waals surface area contributed by atoms with Gasteiger partial charge in [-0.05, 0) is 19.8 Å². The van der Waals surface area contributed by atoms with E-state index in [0.29, 0.717) is 19.7 Å². The van der Waals surface area contributed by atoms with Gasteiger partial charge < -0.3 is 10.5 Å². The van der Waals surface area contributed by atoms with Gasteiger partial charge in [0, 0.05) is 26.1 Å². The van der Waals surface area contributed by atoms with E-state index >= 15 is 0 Å². The molecule has 1 aromatic heterocycles. The molecule has 2 rings (SSSR count). The van der Waals surface area contributed by atoms with Crippen molar-refractivity contribution in [2.75, 3.05) is 13.2 Å². The lowest BCUT2D eigenvalue weighted by atomic mass is 10.2. The third kappa shape index (κ3) is 2.58. The molecule has 0 spiro atoms. The molecule has 0 amide bonds. The second-order valence-corrected chi connectivity index (χ2v) is 4.30. The van der Waals surface area contributed by atoms with Gasteiger partial charge in [-0.3, -0.25) is 4.57 Å². The Morgan fingerprint density at radius 1 is 1.53 bits per heavy atom. The highest BCUT2D eigenvalue weighted by Gasteiger charge is 2.18. The van der Waals surface area contributed by atoms with Crippen LogP contribution in [0.4, 0.5) is 0 Å². The summed E-state index contributed by atoms with van der Waals surface area (Å²) in [5, 5.41) is 4.35. The van der Waals surface area contributed by atoms with Gasteiger partial charge in [-0.1, -0.05) is 0 Å². The molecular formula is C11H20N4O2. The maximum atomic E-state index is 12.0. The standard InChI is InChI=1S/C11H20N4O2/c1-2-17-9(7-12)8-15-11(16)14-6-4-3-5-10(14)13-15/h9H,2-8,12H2,1H3. The molecule has 0 saturated heterocycles. The average Bonchev–Trinajstić information content (AvgIpc) is 2.66. The fourth-order valence-corrected chi connectivity index (χ4v) is 2.19. The zero-order chi connectivity index (χ0) is 12.3. The van der Waals surface area contributed by atoms with E-state index in [1.54, 1.807) is 4.57 Å². The minimum Gasteiger partial charge on any atom is -0.375 e. The molecule has 6 heteroatoms. The van der Waals surface area contributed by atoms with Crippen molar-refractivity contribution in [3.8, 4) is 0 Å². The van der Waals surface area contributed by atoms with Crippen molar-refractivity contribution in [3.05, 3.63) is 16.3 Å². The van der Waals surface area contributed by atoms with E-state index in [-0.39, 0.29) is 11.8 Å². The number of ether oxygens (including phenoxy) is 1. The van der Waals surface area contributed by atoms with Gasteiger partial charge in [0.2, 0.25) is 0 Å². The van der Waals surface area contributed by atoms with Crippen LogP contribution in [0.15, 0.2) is 4.79 Å². The molecule has 0 bridgehead atoms. The Bertz CT molecular complexity index is 424. The van der Waals surface area contributed by atoms with Crippen LogP contribution in [-0.4, -0.2) is 33.6 Å². The van der Waals surface area contributed by atoms with Crippen molar-refractivity contribution in [3.63, 3.8) is 0 Å². The summed E-state index contributed by atoms with van der Waals surface area (Å²) in [7, 11) is 0. The van der Waals surface area contributed by atoms with E-state index in [9.17, 15) is 4.79 Å². The monoisotopic (exact) mass is 240 g/mol. The van der Waals surface area contributed by atoms with Crippen molar-refractivity contribution >= 4 is 0 Å². The lowest BCUT2D eigenvalue weighted by Gasteiger charge is -2.13. The van der Waals surface area contributed by atoms with Crippen molar-refractivity contribution in [1.82, 2.24) is 14.3 Å². The van der Waals surface area contributed by atoms with E-state index in [1.165, 1.54) is 4.68 Å². The van der Waals surface area contributed by atoms with Gasteiger partial charge >= 0.3 is 5.69 Å². The Hall–Kier alpha value is -1.14. The number of hydrogen-bond acceptors (Lipinski definition) is 4. The van der Waals surface area contributed by atoms with Crippen LogP contribution in [0.25, 0.3) is 0 Å². The predicted molar refractivity (Wildman–Crippen MR) is 63.9 cm³/mol. The number of rotatable bonds is 5. The summed E-state index contributed by atoms with van der Waals surface area (Å²) in [5.41, 5.74) is 5.57. The fourth-order valence-electron chi connectivity index (χ4n) is 2.19. The van der Waals surface area contributed by atoms with E-state index in [4.69, 9.17) is 10.5 Å². The number of aryl methyl sites for hydroxylation is 1. The van der Waals surface area contributed by atoms with E-state index in [2.05, 4.69) is 5.10 Å². The summed E-state index contributed by atoms with van der Waals surface area (Å²) in [5.74, 6) is 0.897. The largest absolute Gasteiger partial charge is 0.375 e. The van der Waals surface area contributed by atoms with Crippen LogP contribution in [0.2, 0.25) is 0 Å². The molecule has 0 aliphatic carbocycles. The smallest absolute Gasteiger partial charge is 0.346 e. The first kappa shape index (κ1) is 12.3. The summed E-state index contributed by atoms with van der Waals surface area (Å²) in [6.45, 7) is 4.16. The third-order valence-electron chi connectivity index (χ3n) is 3.07. The maximum Gasteiger partial charge on any atom is 0.346 e. The number of nitrogens with zero attached hydrogens (tertiary/aromatic N) is 3.